The van der Waals surface area contributed by atoms with E-state index >= 15 is 13.2 Å². The molecule has 0 aromatic heterocycles. The highest BCUT2D eigenvalue weighted by atomic mass is 32.2. The van der Waals surface area contributed by atoms with E-state index in [0.29, 0.717) is 0 Å². The summed E-state index contributed by atoms with van der Waals surface area (Å²) >= 11 is 1.35. The second-order valence-electron chi connectivity index (χ2n) is 16.0. The molecule has 302 valence electrons. The summed E-state index contributed by atoms with van der Waals surface area (Å²) in [4.78, 5) is 17.4. The Hall–Kier alpha value is -0.940. The highest BCUT2D eigenvalue weighted by Gasteiger charge is 2.62. The van der Waals surface area contributed by atoms with Gasteiger partial charge in [0.25, 0.3) is 0 Å². The minimum Gasteiger partial charge on any atom is -0.375 e. The summed E-state index contributed by atoms with van der Waals surface area (Å²) in [6.45, 7) is 9.60. The predicted octanol–water partition coefficient (Wildman–Crippen LogP) is 0.977. The standard InChI is InChI=1S/C32H59F4N9O5S2/c1-18-15-24(41-40-18)37-29-28(50-6)30(44-13-11-43(12-14-44)10-9-42(4)5)39-31(38-29)51-23-8-7-19(16-20(23)33)52(48,49)32(2,3)25-26(35)21(34)17-22(27(25)36)45(46)47/h18-31,37-41H,7-17H2,1-6H3. The maximum Gasteiger partial charge on any atom is 0.247 e. The maximum atomic E-state index is 16.1. The van der Waals surface area contributed by atoms with Crippen molar-refractivity contribution in [3.8, 4) is 0 Å². The number of sulfone groups is 1. The second kappa shape index (κ2) is 17.5. The summed E-state index contributed by atoms with van der Waals surface area (Å²) in [6.07, 6.45) is -10.2. The molecule has 14 atom stereocenters. The third-order valence-electron chi connectivity index (χ3n) is 11.8. The maximum absolute atomic E-state index is 16.1. The number of piperazine rings is 1. The average Bonchev–Trinajstić information content (AvgIpc) is 3.50. The molecule has 5 fully saturated rings. The topological polar surface area (TPSA) is 156 Å². The Labute approximate surface area is 309 Å². The molecule has 0 radical (unpaired) electrons. The number of hydrogen-bond acceptors (Lipinski definition) is 14. The number of alkyl halides is 4. The van der Waals surface area contributed by atoms with Crippen LogP contribution < -0.4 is 26.8 Å². The van der Waals surface area contributed by atoms with Gasteiger partial charge in [-0.25, -0.2) is 31.4 Å². The van der Waals surface area contributed by atoms with Crippen LogP contribution in [0.2, 0.25) is 0 Å². The lowest BCUT2D eigenvalue weighted by Gasteiger charge is -2.50. The molecular weight excluding hydrogens is 731 g/mol. The van der Waals surface area contributed by atoms with E-state index in [9.17, 15) is 22.9 Å². The van der Waals surface area contributed by atoms with Gasteiger partial charge in [-0.05, 0) is 60.5 Å². The monoisotopic (exact) mass is 789 g/mol. The molecule has 5 rings (SSSR count). The number of thioether (sulfide) groups is 1. The number of halogens is 4. The average molecular weight is 790 g/mol. The number of likely N-dealkylation sites (N-methyl/N-ethyl adjacent to an activating group) is 1. The van der Waals surface area contributed by atoms with E-state index in [1.165, 1.54) is 11.8 Å². The van der Waals surface area contributed by atoms with E-state index in [2.05, 4.69) is 62.5 Å². The van der Waals surface area contributed by atoms with Gasteiger partial charge in [-0.2, -0.15) is 0 Å². The normalized spacial score (nSPS) is 41.8. The van der Waals surface area contributed by atoms with E-state index in [0.717, 1.165) is 59.5 Å². The van der Waals surface area contributed by atoms with Crippen molar-refractivity contribution in [3.05, 3.63) is 10.1 Å². The smallest absolute Gasteiger partial charge is 0.247 e. The predicted molar refractivity (Wildman–Crippen MR) is 193 cm³/mol. The second-order valence-corrected chi connectivity index (χ2v) is 20.1. The van der Waals surface area contributed by atoms with Gasteiger partial charge in [0, 0.05) is 62.6 Å². The van der Waals surface area contributed by atoms with Gasteiger partial charge in [-0.3, -0.25) is 41.3 Å². The fraction of sp³-hybridized carbons (Fsp3) is 1.00. The number of rotatable bonds is 13. The van der Waals surface area contributed by atoms with E-state index in [1.807, 2.05) is 0 Å². The molecule has 3 aliphatic heterocycles. The minimum atomic E-state index is -4.47. The first kappa shape index (κ1) is 42.2. The van der Waals surface area contributed by atoms with Gasteiger partial charge in [0.1, 0.15) is 30.1 Å². The lowest BCUT2D eigenvalue weighted by molar-refractivity contribution is -0.539. The minimum absolute atomic E-state index is 0.0329. The molecule has 0 amide bonds. The largest absolute Gasteiger partial charge is 0.375 e. The zero-order valence-corrected chi connectivity index (χ0v) is 32.7. The van der Waals surface area contributed by atoms with Crippen LogP contribution >= 0.6 is 11.8 Å². The number of nitrogens with one attached hydrogen (secondary N) is 5. The van der Waals surface area contributed by atoms with Crippen molar-refractivity contribution in [1.82, 2.24) is 41.5 Å². The van der Waals surface area contributed by atoms with Crippen LogP contribution in [0.4, 0.5) is 17.6 Å². The summed E-state index contributed by atoms with van der Waals surface area (Å²) in [5.74, 6) is -2.10. The summed E-state index contributed by atoms with van der Waals surface area (Å²) < 4.78 is 93.1. The number of nitro groups is 1. The molecule has 20 heteroatoms. The van der Waals surface area contributed by atoms with Crippen LogP contribution in [0.3, 0.4) is 0 Å². The fourth-order valence-corrected chi connectivity index (χ4v) is 12.3. The Balaban J connectivity index is 1.27. The molecule has 0 spiro atoms. The van der Waals surface area contributed by atoms with E-state index < -0.39 is 85.0 Å². The lowest BCUT2D eigenvalue weighted by atomic mass is 9.75. The number of hydrogen-bond donors (Lipinski definition) is 5. The van der Waals surface area contributed by atoms with Crippen LogP contribution in [0.5, 0.6) is 0 Å². The van der Waals surface area contributed by atoms with E-state index in [1.54, 1.807) is 7.11 Å². The van der Waals surface area contributed by atoms with Crippen LogP contribution in [-0.2, 0) is 14.6 Å². The third-order valence-corrected chi connectivity index (χ3v) is 16.3. The van der Waals surface area contributed by atoms with Crippen LogP contribution in [0.1, 0.15) is 52.9 Å². The van der Waals surface area contributed by atoms with Gasteiger partial charge in [0.05, 0.1) is 40.8 Å². The van der Waals surface area contributed by atoms with Gasteiger partial charge >= 0.3 is 0 Å². The van der Waals surface area contributed by atoms with Gasteiger partial charge in [0.2, 0.25) is 6.04 Å². The van der Waals surface area contributed by atoms with Crippen LogP contribution in [-0.4, -0.2) is 171 Å². The van der Waals surface area contributed by atoms with Crippen LogP contribution in [0.15, 0.2) is 0 Å². The van der Waals surface area contributed by atoms with Crippen molar-refractivity contribution in [2.45, 2.75) is 135 Å². The first-order chi connectivity index (χ1) is 24.4. The first-order valence-corrected chi connectivity index (χ1v) is 20.9. The van der Waals surface area contributed by atoms with Gasteiger partial charge in [0.15, 0.2) is 16.0 Å². The zero-order valence-electron chi connectivity index (χ0n) is 31.0. The van der Waals surface area contributed by atoms with E-state index in [-0.39, 0.29) is 43.5 Å². The van der Waals surface area contributed by atoms with Crippen LogP contribution in [0.25, 0.3) is 0 Å². The van der Waals surface area contributed by atoms with Crippen molar-refractivity contribution < 1.29 is 35.6 Å². The Bertz CT molecular complexity index is 1310. The number of nitrogens with zero attached hydrogens (tertiary/aromatic N) is 4. The van der Waals surface area contributed by atoms with Gasteiger partial charge in [-0.15, -0.1) is 11.8 Å². The van der Waals surface area contributed by atoms with Crippen molar-refractivity contribution in [1.29, 1.82) is 0 Å². The molecular formula is C32H59F4N9O5S2. The molecule has 3 heterocycles. The zero-order chi connectivity index (χ0) is 38.1. The molecule has 14 nitrogen and oxygen atoms in total. The van der Waals surface area contributed by atoms with Crippen molar-refractivity contribution in [3.63, 3.8) is 0 Å². The molecule has 0 aromatic rings. The summed E-state index contributed by atoms with van der Waals surface area (Å²) in [5.41, 5.74) is 6.07. The molecule has 2 aliphatic carbocycles. The SMILES string of the molecule is COC1C(NC2CC(C)NN2)NC(SC2CCC(S(=O)(=O)C(C)(C)C3C(F)C(F)CC([N+](=O)[O-])C3F)CC2F)NC1N1CCN(CCN(C)C)CC1. The van der Waals surface area contributed by atoms with Gasteiger partial charge < -0.3 is 9.64 Å². The van der Waals surface area contributed by atoms with Crippen molar-refractivity contribution in [2.75, 3.05) is 60.5 Å². The molecule has 3 saturated heterocycles. The molecule has 0 bridgehead atoms. The summed E-state index contributed by atoms with van der Waals surface area (Å²) in [7, 11) is 1.33. The highest BCUT2D eigenvalue weighted by molar-refractivity contribution is 8.00. The number of hydrazine groups is 1. The van der Waals surface area contributed by atoms with Crippen LogP contribution in [0, 0.1) is 16.0 Å². The lowest BCUT2D eigenvalue weighted by Crippen LogP contribution is -2.75. The molecule has 5 N–H and O–H groups in total. The number of methoxy groups -OCH3 is 1. The molecule has 2 saturated carbocycles. The Kier molecular flexibility index (Phi) is 14.2. The fourth-order valence-electron chi connectivity index (χ4n) is 8.57. The summed E-state index contributed by atoms with van der Waals surface area (Å²) in [5, 5.41) is 20.4. The molecule has 14 unspecified atom stereocenters. The Morgan fingerprint density at radius 3 is 2.27 bits per heavy atom. The number of ether oxygens (including phenoxy) is 1. The molecule has 0 aromatic carbocycles. The first-order valence-electron chi connectivity index (χ1n) is 18.5. The van der Waals surface area contributed by atoms with Crippen molar-refractivity contribution in [2.24, 2.45) is 5.92 Å². The molecule has 5 aliphatic rings. The Morgan fingerprint density at radius 2 is 1.69 bits per heavy atom. The third kappa shape index (κ3) is 9.19. The summed E-state index contributed by atoms with van der Waals surface area (Å²) in [6, 6.07) is -1.80. The molecule has 52 heavy (non-hydrogen) atoms. The van der Waals surface area contributed by atoms with E-state index in [4.69, 9.17) is 4.74 Å². The highest BCUT2D eigenvalue weighted by Crippen LogP contribution is 2.47. The van der Waals surface area contributed by atoms with Gasteiger partial charge in [-0.1, -0.05) is 0 Å². The Morgan fingerprint density at radius 1 is 1.00 bits per heavy atom. The van der Waals surface area contributed by atoms with Crippen molar-refractivity contribution >= 4 is 21.6 Å². The quantitative estimate of drug-likeness (QED) is 0.102.